The van der Waals surface area contributed by atoms with Gasteiger partial charge in [0.05, 0.1) is 0 Å². The minimum Gasteiger partial charge on any atom is -0.358 e. The molecule has 0 saturated carbocycles. The van der Waals surface area contributed by atoms with Gasteiger partial charge in [-0.15, -0.1) is 6.58 Å². The molecule has 1 aromatic rings. The van der Waals surface area contributed by atoms with Crippen LogP contribution in [-0.2, 0) is 0 Å². The van der Waals surface area contributed by atoms with E-state index in [-0.39, 0.29) is 5.91 Å². The minimum absolute atomic E-state index is 0.251. The van der Waals surface area contributed by atoms with Crippen molar-refractivity contribution in [1.82, 2.24) is 16.2 Å². The highest BCUT2D eigenvalue weighted by molar-refractivity contribution is 9.10. The summed E-state index contributed by atoms with van der Waals surface area (Å²) in [5.41, 5.74) is 6.73. The lowest BCUT2D eigenvalue weighted by atomic mass is 10.1. The summed E-state index contributed by atoms with van der Waals surface area (Å²) < 4.78 is 0.891. The van der Waals surface area contributed by atoms with E-state index in [1.807, 2.05) is 13.0 Å². The number of carbonyl (C=O) groups excluding carboxylic acids is 1. The molecule has 0 atom stereocenters. The summed E-state index contributed by atoms with van der Waals surface area (Å²) in [6.45, 7) is 6.05. The molecule has 0 saturated heterocycles. The molecule has 1 rings (SSSR count). The third-order valence-corrected chi connectivity index (χ3v) is 3.23. The second kappa shape index (κ2) is 7.13. The Morgan fingerprint density at radius 2 is 2.22 bits per heavy atom. The van der Waals surface area contributed by atoms with E-state index in [0.29, 0.717) is 17.2 Å². The Balaban J connectivity index is 2.52. The molecule has 4 nitrogen and oxygen atoms in total. The van der Waals surface area contributed by atoms with E-state index in [2.05, 4.69) is 38.7 Å². The number of thiocarbonyl (C=S) groups is 1. The van der Waals surface area contributed by atoms with Crippen molar-refractivity contribution < 1.29 is 4.79 Å². The first-order valence-corrected chi connectivity index (χ1v) is 6.46. The first-order valence-electron chi connectivity index (χ1n) is 5.26. The van der Waals surface area contributed by atoms with E-state index in [9.17, 15) is 4.79 Å². The third-order valence-electron chi connectivity index (χ3n) is 2.13. The average molecular weight is 328 g/mol. The molecule has 0 bridgehead atoms. The SMILES string of the molecule is C=CCNC(=S)NNC(=O)c1ccc(C)c(Br)c1. The van der Waals surface area contributed by atoms with E-state index in [1.54, 1.807) is 18.2 Å². The number of nitrogens with one attached hydrogen (secondary N) is 3. The van der Waals surface area contributed by atoms with Crippen molar-refractivity contribution in [3.05, 3.63) is 46.5 Å². The van der Waals surface area contributed by atoms with Crippen molar-refractivity contribution in [3.63, 3.8) is 0 Å². The molecule has 0 heterocycles. The van der Waals surface area contributed by atoms with Crippen LogP contribution in [0.5, 0.6) is 0 Å². The van der Waals surface area contributed by atoms with Gasteiger partial charge in [0.25, 0.3) is 5.91 Å². The Kier molecular flexibility index (Phi) is 5.80. The quantitative estimate of drug-likeness (QED) is 0.452. The van der Waals surface area contributed by atoms with Crippen LogP contribution in [0.3, 0.4) is 0 Å². The Morgan fingerprint density at radius 1 is 1.50 bits per heavy atom. The lowest BCUT2D eigenvalue weighted by Gasteiger charge is -2.10. The molecule has 0 aliphatic rings. The zero-order valence-corrected chi connectivity index (χ0v) is 12.3. The summed E-state index contributed by atoms with van der Waals surface area (Å²) in [5.74, 6) is -0.251. The van der Waals surface area contributed by atoms with Crippen molar-refractivity contribution in [3.8, 4) is 0 Å². The summed E-state index contributed by atoms with van der Waals surface area (Å²) in [6, 6.07) is 5.37. The maximum absolute atomic E-state index is 11.8. The first-order chi connectivity index (χ1) is 8.54. The number of halogens is 1. The van der Waals surface area contributed by atoms with Crippen LogP contribution in [0.4, 0.5) is 0 Å². The number of aryl methyl sites for hydroxylation is 1. The molecule has 3 N–H and O–H groups in total. The number of benzene rings is 1. The predicted molar refractivity (Wildman–Crippen MR) is 80.3 cm³/mol. The molecule has 0 aromatic heterocycles. The van der Waals surface area contributed by atoms with Gasteiger partial charge in [-0.3, -0.25) is 15.6 Å². The molecule has 0 unspecified atom stereocenters. The van der Waals surface area contributed by atoms with Gasteiger partial charge in [-0.05, 0) is 36.8 Å². The van der Waals surface area contributed by atoms with Gasteiger partial charge in [0.2, 0.25) is 0 Å². The molecular weight excluding hydrogens is 314 g/mol. The molecule has 18 heavy (non-hydrogen) atoms. The van der Waals surface area contributed by atoms with Crippen molar-refractivity contribution in [2.24, 2.45) is 0 Å². The van der Waals surface area contributed by atoms with E-state index in [0.717, 1.165) is 10.0 Å². The van der Waals surface area contributed by atoms with Crippen LogP contribution in [0.25, 0.3) is 0 Å². The lowest BCUT2D eigenvalue weighted by molar-refractivity contribution is 0.0943. The largest absolute Gasteiger partial charge is 0.358 e. The number of amides is 1. The number of hydrogen-bond donors (Lipinski definition) is 3. The highest BCUT2D eigenvalue weighted by atomic mass is 79.9. The molecule has 6 heteroatoms. The van der Waals surface area contributed by atoms with Crippen molar-refractivity contribution in [2.45, 2.75) is 6.92 Å². The van der Waals surface area contributed by atoms with Gasteiger partial charge in [0.15, 0.2) is 5.11 Å². The van der Waals surface area contributed by atoms with Gasteiger partial charge < -0.3 is 5.32 Å². The number of rotatable bonds is 3. The minimum atomic E-state index is -0.251. The lowest BCUT2D eigenvalue weighted by Crippen LogP contribution is -2.46. The second-order valence-electron chi connectivity index (χ2n) is 3.54. The molecule has 0 radical (unpaired) electrons. The first kappa shape index (κ1) is 14.7. The summed E-state index contributed by atoms with van der Waals surface area (Å²) in [7, 11) is 0. The van der Waals surface area contributed by atoms with Crippen molar-refractivity contribution in [1.29, 1.82) is 0 Å². The second-order valence-corrected chi connectivity index (χ2v) is 4.80. The summed E-state index contributed by atoms with van der Waals surface area (Å²) in [5, 5.41) is 3.18. The van der Waals surface area contributed by atoms with E-state index < -0.39 is 0 Å². The zero-order valence-electron chi connectivity index (χ0n) is 9.92. The summed E-state index contributed by atoms with van der Waals surface area (Å²) in [6.07, 6.45) is 1.67. The van der Waals surface area contributed by atoms with Crippen LogP contribution < -0.4 is 16.2 Å². The Morgan fingerprint density at radius 3 is 2.83 bits per heavy atom. The van der Waals surface area contributed by atoms with E-state index >= 15 is 0 Å². The maximum atomic E-state index is 11.8. The molecular formula is C12H14BrN3OS. The Bertz CT molecular complexity index is 476. The Labute approximate surface area is 120 Å². The maximum Gasteiger partial charge on any atom is 0.269 e. The van der Waals surface area contributed by atoms with Crippen LogP contribution >= 0.6 is 28.1 Å². The van der Waals surface area contributed by atoms with Gasteiger partial charge in [-0.1, -0.05) is 28.1 Å². The fourth-order valence-electron chi connectivity index (χ4n) is 1.13. The standard InChI is InChI=1S/C12H14BrN3OS/c1-3-6-14-12(18)16-15-11(17)9-5-4-8(2)10(13)7-9/h3-5,7H,1,6H2,2H3,(H,15,17)(H2,14,16,18). The highest BCUT2D eigenvalue weighted by Crippen LogP contribution is 2.17. The monoisotopic (exact) mass is 327 g/mol. The fourth-order valence-corrected chi connectivity index (χ4v) is 1.64. The third kappa shape index (κ3) is 4.46. The van der Waals surface area contributed by atoms with Crippen LogP contribution in [0, 0.1) is 6.92 Å². The van der Waals surface area contributed by atoms with E-state index in [1.165, 1.54) is 0 Å². The van der Waals surface area contributed by atoms with Gasteiger partial charge in [0.1, 0.15) is 0 Å². The fraction of sp³-hybridized carbons (Fsp3) is 0.167. The number of carbonyl (C=O) groups is 1. The van der Waals surface area contributed by atoms with Gasteiger partial charge in [-0.25, -0.2) is 0 Å². The van der Waals surface area contributed by atoms with Crippen LogP contribution in [-0.4, -0.2) is 17.6 Å². The van der Waals surface area contributed by atoms with Gasteiger partial charge in [0, 0.05) is 16.6 Å². The smallest absolute Gasteiger partial charge is 0.269 e. The molecule has 0 aliphatic heterocycles. The van der Waals surface area contributed by atoms with Crippen LogP contribution in [0.1, 0.15) is 15.9 Å². The molecule has 0 fully saturated rings. The van der Waals surface area contributed by atoms with E-state index in [4.69, 9.17) is 12.2 Å². The normalized spacial score (nSPS) is 9.44. The average Bonchev–Trinajstić information content (AvgIpc) is 2.36. The summed E-state index contributed by atoms with van der Waals surface area (Å²) in [4.78, 5) is 11.8. The topological polar surface area (TPSA) is 53.2 Å². The van der Waals surface area contributed by atoms with Crippen LogP contribution in [0.15, 0.2) is 35.3 Å². The molecule has 0 aliphatic carbocycles. The molecule has 1 amide bonds. The van der Waals surface area contributed by atoms with Gasteiger partial charge >= 0.3 is 0 Å². The summed E-state index contributed by atoms with van der Waals surface area (Å²) >= 11 is 8.32. The number of hydrogen-bond acceptors (Lipinski definition) is 2. The Hall–Kier alpha value is -1.40. The molecule has 1 aromatic carbocycles. The molecule has 96 valence electrons. The van der Waals surface area contributed by atoms with Crippen molar-refractivity contribution in [2.75, 3.05) is 6.54 Å². The molecule has 0 spiro atoms. The van der Waals surface area contributed by atoms with Gasteiger partial charge in [-0.2, -0.15) is 0 Å². The number of hydrazine groups is 1. The van der Waals surface area contributed by atoms with Crippen LogP contribution in [0.2, 0.25) is 0 Å². The van der Waals surface area contributed by atoms with Crippen molar-refractivity contribution >= 4 is 39.2 Å². The highest BCUT2D eigenvalue weighted by Gasteiger charge is 2.06. The zero-order chi connectivity index (χ0) is 13.5. The predicted octanol–water partition coefficient (Wildman–Crippen LogP) is 2.05.